The van der Waals surface area contributed by atoms with Gasteiger partial charge in [-0.25, -0.2) is 4.39 Å². The maximum absolute atomic E-state index is 13.6. The molecule has 0 aromatic heterocycles. The molecule has 0 unspecified atom stereocenters. The van der Waals surface area contributed by atoms with Gasteiger partial charge in [0.15, 0.2) is 17.3 Å². The highest BCUT2D eigenvalue weighted by atomic mass is 19.1. The second kappa shape index (κ2) is 7.63. The molecule has 2 N–H and O–H groups in total. The first-order valence-electron chi connectivity index (χ1n) is 7.36. The number of carbonyl (C=O) groups is 1. The Balaban J connectivity index is 1.94. The molecule has 2 rings (SSSR count). The summed E-state index contributed by atoms with van der Waals surface area (Å²) < 4.78 is 18.8. The van der Waals surface area contributed by atoms with Gasteiger partial charge >= 0.3 is 0 Å². The second-order valence-electron chi connectivity index (χ2n) is 5.46. The highest BCUT2D eigenvalue weighted by Gasteiger charge is 2.05. The number of Topliss-reactive ketones (excluding diaryl/α,β-unsaturated/α-hetero) is 1. The monoisotopic (exact) mass is 318 g/mol. The van der Waals surface area contributed by atoms with E-state index in [0.717, 1.165) is 17.5 Å². The molecule has 0 bridgehead atoms. The molecule has 4 nitrogen and oxygen atoms in total. The fourth-order valence-electron chi connectivity index (χ4n) is 2.25. The summed E-state index contributed by atoms with van der Waals surface area (Å²) in [7, 11) is 0. The first-order chi connectivity index (χ1) is 10.9. The van der Waals surface area contributed by atoms with E-state index in [0.29, 0.717) is 18.6 Å². The molecule has 0 aliphatic carbocycles. The minimum atomic E-state index is -0.400. The molecule has 0 aliphatic rings. The number of hydrogen-bond donors (Lipinski definition) is 2. The average Bonchev–Trinajstić information content (AvgIpc) is 2.48. The molecule has 0 saturated heterocycles. The minimum Gasteiger partial charge on any atom is -0.504 e. The SMILES string of the molecule is CC(=O)COc1cc(F)cc(CCCc2ccc(O)c(O)c2)c1. The van der Waals surface area contributed by atoms with Gasteiger partial charge in [0.1, 0.15) is 18.2 Å². The van der Waals surface area contributed by atoms with Gasteiger partial charge in [-0.1, -0.05) is 6.07 Å². The van der Waals surface area contributed by atoms with Crippen LogP contribution in [0.1, 0.15) is 24.5 Å². The largest absolute Gasteiger partial charge is 0.504 e. The van der Waals surface area contributed by atoms with Gasteiger partial charge in [0.2, 0.25) is 0 Å². The van der Waals surface area contributed by atoms with Crippen LogP contribution in [-0.4, -0.2) is 22.6 Å². The summed E-state index contributed by atoms with van der Waals surface area (Å²) in [6, 6.07) is 9.12. The molecule has 0 aliphatic heterocycles. The van der Waals surface area contributed by atoms with E-state index in [1.54, 1.807) is 12.1 Å². The minimum absolute atomic E-state index is 0.0737. The Bertz CT molecular complexity index is 697. The van der Waals surface area contributed by atoms with Gasteiger partial charge in [0, 0.05) is 6.07 Å². The number of hydrogen-bond acceptors (Lipinski definition) is 4. The van der Waals surface area contributed by atoms with Gasteiger partial charge in [0.05, 0.1) is 0 Å². The van der Waals surface area contributed by atoms with E-state index in [-0.39, 0.29) is 23.9 Å². The van der Waals surface area contributed by atoms with Gasteiger partial charge in [-0.3, -0.25) is 4.79 Å². The highest BCUT2D eigenvalue weighted by Crippen LogP contribution is 2.26. The van der Waals surface area contributed by atoms with E-state index < -0.39 is 5.82 Å². The standard InChI is InChI=1S/C18H19FO4/c1-12(20)11-23-16-8-14(7-15(19)10-16)4-2-3-13-5-6-17(21)18(22)9-13/h5-10,21-22H,2-4,11H2,1H3. The van der Waals surface area contributed by atoms with Crippen molar-refractivity contribution in [3.05, 3.63) is 53.3 Å². The van der Waals surface area contributed by atoms with E-state index in [9.17, 15) is 19.4 Å². The first kappa shape index (κ1) is 16.8. The van der Waals surface area contributed by atoms with Crippen LogP contribution in [0.25, 0.3) is 0 Å². The van der Waals surface area contributed by atoms with E-state index in [2.05, 4.69) is 0 Å². The predicted octanol–water partition coefficient (Wildman–Crippen LogP) is 3.38. The zero-order valence-corrected chi connectivity index (χ0v) is 12.9. The lowest BCUT2D eigenvalue weighted by Crippen LogP contribution is -2.07. The summed E-state index contributed by atoms with van der Waals surface area (Å²) in [6.07, 6.45) is 2.07. The number of ether oxygens (including phenoxy) is 1. The van der Waals surface area contributed by atoms with Crippen LogP contribution in [0.3, 0.4) is 0 Å². The lowest BCUT2D eigenvalue weighted by Gasteiger charge is -2.08. The molecule has 5 heteroatoms. The Hall–Kier alpha value is -2.56. The molecule has 0 heterocycles. The number of ketones is 1. The number of halogens is 1. The van der Waals surface area contributed by atoms with Crippen LogP contribution in [0.5, 0.6) is 17.2 Å². The number of aryl methyl sites for hydroxylation is 2. The van der Waals surface area contributed by atoms with Gasteiger partial charge in [-0.2, -0.15) is 0 Å². The number of rotatable bonds is 7. The molecular weight excluding hydrogens is 299 g/mol. The molecular formula is C18H19FO4. The van der Waals surface area contributed by atoms with Crippen LogP contribution in [0.2, 0.25) is 0 Å². The zero-order chi connectivity index (χ0) is 16.8. The molecule has 0 fully saturated rings. The van der Waals surface area contributed by atoms with E-state index in [1.807, 2.05) is 0 Å². The van der Waals surface area contributed by atoms with Crippen LogP contribution < -0.4 is 4.74 Å². The maximum Gasteiger partial charge on any atom is 0.167 e. The molecule has 122 valence electrons. The Morgan fingerprint density at radius 3 is 2.48 bits per heavy atom. The topological polar surface area (TPSA) is 66.8 Å². The van der Waals surface area contributed by atoms with Crippen molar-refractivity contribution in [1.29, 1.82) is 0 Å². The normalized spacial score (nSPS) is 10.5. The fourth-order valence-corrected chi connectivity index (χ4v) is 2.25. The first-order valence-corrected chi connectivity index (χ1v) is 7.36. The van der Waals surface area contributed by atoms with Crippen LogP contribution in [-0.2, 0) is 17.6 Å². The van der Waals surface area contributed by atoms with Gasteiger partial charge in [0.25, 0.3) is 0 Å². The van der Waals surface area contributed by atoms with E-state index in [4.69, 9.17) is 4.74 Å². The molecule has 2 aromatic rings. The summed E-state index contributed by atoms with van der Waals surface area (Å²) in [5.41, 5.74) is 1.68. The number of aromatic hydroxyl groups is 2. The third-order valence-corrected chi connectivity index (χ3v) is 3.34. The molecule has 2 aromatic carbocycles. The van der Waals surface area contributed by atoms with Crippen molar-refractivity contribution in [2.75, 3.05) is 6.61 Å². The molecule has 0 spiro atoms. The lowest BCUT2D eigenvalue weighted by atomic mass is 10.0. The number of benzene rings is 2. The van der Waals surface area contributed by atoms with Crippen LogP contribution >= 0.6 is 0 Å². The molecule has 23 heavy (non-hydrogen) atoms. The fraction of sp³-hybridized carbons (Fsp3) is 0.278. The van der Waals surface area contributed by atoms with Crippen molar-refractivity contribution in [1.82, 2.24) is 0 Å². The Kier molecular flexibility index (Phi) is 5.57. The lowest BCUT2D eigenvalue weighted by molar-refractivity contribution is -0.118. The van der Waals surface area contributed by atoms with Crippen LogP contribution in [0.15, 0.2) is 36.4 Å². The van der Waals surface area contributed by atoms with Crippen molar-refractivity contribution in [3.8, 4) is 17.2 Å². The summed E-state index contributed by atoms with van der Waals surface area (Å²) in [5.74, 6) is -0.469. The highest BCUT2D eigenvalue weighted by molar-refractivity contribution is 5.77. The molecule has 0 radical (unpaired) electrons. The van der Waals surface area contributed by atoms with Crippen molar-refractivity contribution in [2.24, 2.45) is 0 Å². The summed E-state index contributed by atoms with van der Waals surface area (Å²) in [5, 5.41) is 18.7. The second-order valence-corrected chi connectivity index (χ2v) is 5.46. The molecule has 0 amide bonds. The maximum atomic E-state index is 13.6. The van der Waals surface area contributed by atoms with Gasteiger partial charge in [-0.15, -0.1) is 0 Å². The summed E-state index contributed by atoms with van der Waals surface area (Å²) in [6.45, 7) is 1.34. The number of carbonyl (C=O) groups excluding carboxylic acids is 1. The molecule has 0 saturated carbocycles. The number of phenols is 2. The third kappa shape index (κ3) is 5.29. The average molecular weight is 318 g/mol. The molecule has 0 atom stereocenters. The van der Waals surface area contributed by atoms with Crippen molar-refractivity contribution in [2.45, 2.75) is 26.2 Å². The Morgan fingerprint density at radius 1 is 1.04 bits per heavy atom. The predicted molar refractivity (Wildman–Crippen MR) is 84.4 cm³/mol. The quantitative estimate of drug-likeness (QED) is 0.768. The van der Waals surface area contributed by atoms with Crippen LogP contribution in [0.4, 0.5) is 4.39 Å². The van der Waals surface area contributed by atoms with E-state index >= 15 is 0 Å². The van der Waals surface area contributed by atoms with Crippen molar-refractivity contribution < 1.29 is 24.1 Å². The summed E-state index contributed by atoms with van der Waals surface area (Å²) in [4.78, 5) is 10.9. The van der Waals surface area contributed by atoms with Crippen LogP contribution in [0, 0.1) is 5.82 Å². The van der Waals surface area contributed by atoms with Gasteiger partial charge in [-0.05, 0) is 61.6 Å². The third-order valence-electron chi connectivity index (χ3n) is 3.34. The smallest absolute Gasteiger partial charge is 0.167 e. The Labute approximate surface area is 134 Å². The van der Waals surface area contributed by atoms with Crippen molar-refractivity contribution >= 4 is 5.78 Å². The number of phenolic OH excluding ortho intramolecular Hbond substituents is 2. The zero-order valence-electron chi connectivity index (χ0n) is 12.9. The van der Waals surface area contributed by atoms with Crippen molar-refractivity contribution in [3.63, 3.8) is 0 Å². The van der Waals surface area contributed by atoms with E-state index in [1.165, 1.54) is 31.2 Å². The summed E-state index contributed by atoms with van der Waals surface area (Å²) >= 11 is 0. The Morgan fingerprint density at radius 2 is 1.78 bits per heavy atom. The van der Waals surface area contributed by atoms with Gasteiger partial charge < -0.3 is 14.9 Å².